The number of methoxy groups -OCH3 is 1. The third-order valence-electron chi connectivity index (χ3n) is 3.15. The van der Waals surface area contributed by atoms with E-state index in [1.807, 2.05) is 23.6 Å². The molecule has 2 rings (SSSR count). The van der Waals surface area contributed by atoms with Crippen LogP contribution in [-0.4, -0.2) is 42.2 Å². The van der Waals surface area contributed by atoms with Crippen LogP contribution in [0.25, 0.3) is 11.4 Å². The number of hydrogen-bond donors (Lipinski definition) is 2. The van der Waals surface area contributed by atoms with Gasteiger partial charge in [0.15, 0.2) is 0 Å². The molecular weight excluding hydrogens is 300 g/mol. The number of ether oxygens (including phenoxy) is 1. The van der Waals surface area contributed by atoms with Crippen LogP contribution in [0.2, 0.25) is 0 Å². The maximum atomic E-state index is 11.7. The van der Waals surface area contributed by atoms with Crippen LogP contribution in [0.1, 0.15) is 11.4 Å². The Labute approximate surface area is 133 Å². The van der Waals surface area contributed by atoms with Gasteiger partial charge >= 0.3 is 0 Å². The van der Waals surface area contributed by atoms with Gasteiger partial charge in [0, 0.05) is 38.2 Å². The molecule has 6 nitrogen and oxygen atoms in total. The van der Waals surface area contributed by atoms with Gasteiger partial charge in [-0.15, -0.1) is 11.3 Å². The Morgan fingerprint density at radius 2 is 2.32 bits per heavy atom. The summed E-state index contributed by atoms with van der Waals surface area (Å²) in [7, 11) is 1.56. The summed E-state index contributed by atoms with van der Waals surface area (Å²) in [4.78, 5) is 20.5. The highest BCUT2D eigenvalue weighted by Crippen LogP contribution is 2.19. The molecule has 0 aliphatic rings. The first-order valence-corrected chi connectivity index (χ1v) is 7.96. The van der Waals surface area contributed by atoms with Crippen molar-refractivity contribution < 1.29 is 9.53 Å². The molecule has 1 amide bonds. The largest absolute Gasteiger partial charge is 0.380 e. The Balaban J connectivity index is 1.78. The zero-order valence-electron chi connectivity index (χ0n) is 12.5. The lowest BCUT2D eigenvalue weighted by molar-refractivity contribution is -0.123. The zero-order valence-corrected chi connectivity index (χ0v) is 13.3. The van der Waals surface area contributed by atoms with E-state index in [9.17, 15) is 4.79 Å². The highest BCUT2D eigenvalue weighted by Gasteiger charge is 2.11. The molecule has 0 spiro atoms. The maximum absolute atomic E-state index is 11.7. The average Bonchev–Trinajstić information content (AvgIpc) is 3.02. The van der Waals surface area contributed by atoms with E-state index >= 15 is 0 Å². The maximum Gasteiger partial charge on any atom is 0.222 e. The summed E-state index contributed by atoms with van der Waals surface area (Å²) in [6.07, 6.45) is 2.50. The van der Waals surface area contributed by atoms with Gasteiger partial charge in [-0.1, -0.05) is 6.07 Å². The van der Waals surface area contributed by atoms with E-state index in [2.05, 4.69) is 15.3 Å². The normalized spacial score (nSPS) is 12.1. The molecule has 0 fully saturated rings. The van der Waals surface area contributed by atoms with Gasteiger partial charge < -0.3 is 15.8 Å². The molecule has 1 atom stereocenters. The Morgan fingerprint density at radius 3 is 3.00 bits per heavy atom. The fourth-order valence-electron chi connectivity index (χ4n) is 1.91. The van der Waals surface area contributed by atoms with E-state index in [4.69, 9.17) is 10.5 Å². The van der Waals surface area contributed by atoms with Gasteiger partial charge in [-0.2, -0.15) is 0 Å². The number of thiazole rings is 1. The molecule has 0 saturated heterocycles. The first-order valence-electron chi connectivity index (χ1n) is 7.08. The van der Waals surface area contributed by atoms with Crippen LogP contribution in [-0.2, 0) is 16.0 Å². The molecule has 0 radical (unpaired) electrons. The molecule has 0 aromatic carbocycles. The number of nitrogens with one attached hydrogen (secondary N) is 1. The van der Waals surface area contributed by atoms with Gasteiger partial charge in [0.2, 0.25) is 5.91 Å². The number of aromatic nitrogens is 2. The van der Waals surface area contributed by atoms with Crippen LogP contribution in [0, 0.1) is 0 Å². The van der Waals surface area contributed by atoms with Gasteiger partial charge in [-0.05, 0) is 12.1 Å². The number of pyridine rings is 1. The summed E-state index contributed by atoms with van der Waals surface area (Å²) in [5.41, 5.74) is 7.22. The van der Waals surface area contributed by atoms with E-state index in [1.165, 1.54) is 0 Å². The number of carbonyl (C=O) groups is 1. The molecule has 2 heterocycles. The monoisotopic (exact) mass is 320 g/mol. The fraction of sp³-hybridized carbons (Fsp3) is 0.400. The van der Waals surface area contributed by atoms with Crippen molar-refractivity contribution in [1.29, 1.82) is 0 Å². The summed E-state index contributed by atoms with van der Waals surface area (Å²) in [5, 5.41) is 5.81. The Kier molecular flexibility index (Phi) is 6.45. The summed E-state index contributed by atoms with van der Waals surface area (Å²) in [6, 6.07) is 5.74. The van der Waals surface area contributed by atoms with Crippen LogP contribution in [0.5, 0.6) is 0 Å². The van der Waals surface area contributed by atoms with Gasteiger partial charge in [0.1, 0.15) is 0 Å². The van der Waals surface area contributed by atoms with Gasteiger partial charge in [-0.3, -0.25) is 9.78 Å². The Morgan fingerprint density at radius 1 is 1.45 bits per heavy atom. The summed E-state index contributed by atoms with van der Waals surface area (Å²) < 4.78 is 5.08. The Bertz CT molecular complexity index is 584. The standard InChI is InChI=1S/C15H20N4O2S/c1-21-11(9-16)8-14(20)18-7-5-15-19-13(10-22-15)12-4-2-3-6-17-12/h2-4,6,10-11H,5,7-9,16H2,1H3,(H,18,20). The van der Waals surface area contributed by atoms with E-state index in [0.717, 1.165) is 16.4 Å². The number of nitrogens with zero attached hydrogens (tertiary/aromatic N) is 2. The van der Waals surface area contributed by atoms with Crippen LogP contribution in [0.3, 0.4) is 0 Å². The molecule has 0 bridgehead atoms. The number of hydrogen-bond acceptors (Lipinski definition) is 6. The van der Waals surface area contributed by atoms with Crippen LogP contribution < -0.4 is 11.1 Å². The molecule has 118 valence electrons. The van der Waals surface area contributed by atoms with Crippen molar-refractivity contribution in [2.45, 2.75) is 18.9 Å². The summed E-state index contributed by atoms with van der Waals surface area (Å²) in [5.74, 6) is -0.0567. The minimum Gasteiger partial charge on any atom is -0.380 e. The summed E-state index contributed by atoms with van der Waals surface area (Å²) >= 11 is 1.57. The topological polar surface area (TPSA) is 90.1 Å². The van der Waals surface area contributed by atoms with E-state index in [1.54, 1.807) is 24.6 Å². The average molecular weight is 320 g/mol. The van der Waals surface area contributed by atoms with Crippen molar-refractivity contribution in [1.82, 2.24) is 15.3 Å². The lowest BCUT2D eigenvalue weighted by Gasteiger charge is -2.12. The third kappa shape index (κ3) is 4.87. The van der Waals surface area contributed by atoms with Gasteiger partial charge in [-0.25, -0.2) is 4.98 Å². The van der Waals surface area contributed by atoms with Crippen molar-refractivity contribution in [3.05, 3.63) is 34.8 Å². The number of nitrogens with two attached hydrogens (primary N) is 1. The zero-order chi connectivity index (χ0) is 15.8. The molecule has 0 aliphatic carbocycles. The van der Waals surface area contributed by atoms with E-state index in [0.29, 0.717) is 19.5 Å². The first kappa shape index (κ1) is 16.5. The molecule has 22 heavy (non-hydrogen) atoms. The van der Waals surface area contributed by atoms with Crippen molar-refractivity contribution in [3.8, 4) is 11.4 Å². The second kappa shape index (κ2) is 8.57. The molecule has 0 aliphatic heterocycles. The van der Waals surface area contributed by atoms with Crippen LogP contribution in [0.15, 0.2) is 29.8 Å². The second-order valence-corrected chi connectivity index (χ2v) is 5.68. The lowest BCUT2D eigenvalue weighted by Crippen LogP contribution is -2.33. The molecule has 7 heteroatoms. The lowest BCUT2D eigenvalue weighted by atomic mass is 10.2. The minimum absolute atomic E-state index is 0.0567. The van der Waals surface area contributed by atoms with Crippen molar-refractivity contribution >= 4 is 17.2 Å². The van der Waals surface area contributed by atoms with E-state index in [-0.39, 0.29) is 18.4 Å². The van der Waals surface area contributed by atoms with Crippen molar-refractivity contribution in [2.75, 3.05) is 20.2 Å². The number of amides is 1. The highest BCUT2D eigenvalue weighted by molar-refractivity contribution is 7.09. The predicted molar refractivity (Wildman–Crippen MR) is 86.5 cm³/mol. The number of carbonyl (C=O) groups excluding carboxylic acids is 1. The van der Waals surface area contributed by atoms with Crippen molar-refractivity contribution in [2.24, 2.45) is 5.73 Å². The molecular formula is C15H20N4O2S. The highest BCUT2D eigenvalue weighted by atomic mass is 32.1. The SMILES string of the molecule is COC(CN)CC(=O)NCCc1nc(-c2ccccn2)cs1. The van der Waals surface area contributed by atoms with Crippen molar-refractivity contribution in [3.63, 3.8) is 0 Å². The fourth-order valence-corrected chi connectivity index (χ4v) is 2.70. The predicted octanol–water partition coefficient (Wildman–Crippen LogP) is 1.23. The van der Waals surface area contributed by atoms with E-state index < -0.39 is 0 Å². The third-order valence-corrected chi connectivity index (χ3v) is 4.06. The Hall–Kier alpha value is -1.83. The van der Waals surface area contributed by atoms with Gasteiger partial charge in [0.25, 0.3) is 0 Å². The molecule has 2 aromatic heterocycles. The van der Waals surface area contributed by atoms with Gasteiger partial charge in [0.05, 0.1) is 28.9 Å². The van der Waals surface area contributed by atoms with Crippen LogP contribution >= 0.6 is 11.3 Å². The molecule has 1 unspecified atom stereocenters. The molecule has 0 saturated carbocycles. The summed E-state index contributed by atoms with van der Waals surface area (Å²) in [6.45, 7) is 0.888. The smallest absolute Gasteiger partial charge is 0.222 e. The number of rotatable bonds is 8. The molecule has 3 N–H and O–H groups in total. The van der Waals surface area contributed by atoms with Crippen LogP contribution in [0.4, 0.5) is 0 Å². The molecule has 2 aromatic rings. The minimum atomic E-state index is -0.226. The second-order valence-electron chi connectivity index (χ2n) is 4.74. The first-order chi connectivity index (χ1) is 10.7. The quantitative estimate of drug-likeness (QED) is 0.763.